The molecule has 1 heterocycles. The molecule has 0 saturated carbocycles. The number of nitrogens with zero attached hydrogens (tertiary/aromatic N) is 1. The Morgan fingerprint density at radius 2 is 1.87 bits per heavy atom. The molecule has 2 aromatic rings. The minimum atomic E-state index is -0.0816. The van der Waals surface area contributed by atoms with Gasteiger partial charge in [-0.25, -0.2) is 0 Å². The Morgan fingerprint density at radius 1 is 1.09 bits per heavy atom. The number of hydrogen-bond donors (Lipinski definition) is 2. The molecule has 0 aliphatic carbocycles. The highest BCUT2D eigenvalue weighted by atomic mass is 16.1. The van der Waals surface area contributed by atoms with E-state index in [1.807, 2.05) is 12.1 Å². The summed E-state index contributed by atoms with van der Waals surface area (Å²) in [7, 11) is 0. The molecule has 0 saturated heterocycles. The van der Waals surface area contributed by atoms with Crippen molar-refractivity contribution in [2.45, 2.75) is 34.1 Å². The summed E-state index contributed by atoms with van der Waals surface area (Å²) in [6.07, 6.45) is 4.29. The molecule has 0 fully saturated rings. The molecule has 0 radical (unpaired) electrons. The van der Waals surface area contributed by atoms with E-state index in [0.717, 1.165) is 17.8 Å². The number of aromatic nitrogens is 1. The van der Waals surface area contributed by atoms with E-state index in [-0.39, 0.29) is 5.91 Å². The van der Waals surface area contributed by atoms with Crippen molar-refractivity contribution in [2.75, 3.05) is 11.9 Å². The normalized spacial score (nSPS) is 10.7. The van der Waals surface area contributed by atoms with E-state index in [1.165, 1.54) is 11.1 Å². The number of aryl methyl sites for hydroxylation is 2. The van der Waals surface area contributed by atoms with Gasteiger partial charge < -0.3 is 10.6 Å². The van der Waals surface area contributed by atoms with Crippen molar-refractivity contribution in [3.05, 3.63) is 53.3 Å². The Balaban J connectivity index is 2.04. The Kier molecular flexibility index (Phi) is 5.74. The summed E-state index contributed by atoms with van der Waals surface area (Å²) >= 11 is 0. The van der Waals surface area contributed by atoms with Gasteiger partial charge in [0.15, 0.2) is 0 Å². The average Bonchev–Trinajstić information content (AvgIpc) is 2.51. The zero-order valence-electron chi connectivity index (χ0n) is 14.3. The smallest absolute Gasteiger partial charge is 0.252 e. The molecule has 1 aromatic heterocycles. The summed E-state index contributed by atoms with van der Waals surface area (Å²) in [5.74, 6) is 0.494. The van der Waals surface area contributed by atoms with E-state index in [9.17, 15) is 4.79 Å². The minimum Gasteiger partial charge on any atom is -0.354 e. The molecule has 0 aliphatic rings. The highest BCUT2D eigenvalue weighted by Crippen LogP contribution is 2.19. The van der Waals surface area contributed by atoms with Crippen LogP contribution in [0.2, 0.25) is 0 Å². The molecule has 4 nitrogen and oxygen atoms in total. The van der Waals surface area contributed by atoms with Crippen molar-refractivity contribution < 1.29 is 4.79 Å². The number of hydrogen-bond acceptors (Lipinski definition) is 3. The summed E-state index contributed by atoms with van der Waals surface area (Å²) in [6, 6.07) is 8.02. The van der Waals surface area contributed by atoms with Crippen molar-refractivity contribution >= 4 is 17.3 Å². The molecule has 122 valence electrons. The van der Waals surface area contributed by atoms with Gasteiger partial charge in [0.2, 0.25) is 0 Å². The van der Waals surface area contributed by atoms with Crippen LogP contribution >= 0.6 is 0 Å². The third-order valence-electron chi connectivity index (χ3n) is 3.80. The van der Waals surface area contributed by atoms with Crippen LogP contribution in [-0.4, -0.2) is 17.4 Å². The van der Waals surface area contributed by atoms with Crippen molar-refractivity contribution in [3.8, 4) is 0 Å². The van der Waals surface area contributed by atoms with Gasteiger partial charge in [-0.1, -0.05) is 19.9 Å². The van der Waals surface area contributed by atoms with Crippen molar-refractivity contribution in [3.63, 3.8) is 0 Å². The molecular formula is C19H25N3O. The molecule has 1 aromatic carbocycles. The first-order chi connectivity index (χ1) is 11.0. The lowest BCUT2D eigenvalue weighted by Gasteiger charge is -2.10. The lowest BCUT2D eigenvalue weighted by Crippen LogP contribution is -2.25. The molecule has 23 heavy (non-hydrogen) atoms. The van der Waals surface area contributed by atoms with Crippen LogP contribution in [0.5, 0.6) is 0 Å². The molecule has 0 atom stereocenters. The predicted octanol–water partition coefficient (Wildman–Crippen LogP) is 4.22. The first-order valence-corrected chi connectivity index (χ1v) is 8.03. The van der Waals surface area contributed by atoms with E-state index < -0.39 is 0 Å². The average molecular weight is 311 g/mol. The Bertz CT molecular complexity index is 680. The quantitative estimate of drug-likeness (QED) is 0.840. The largest absolute Gasteiger partial charge is 0.354 e. The van der Waals surface area contributed by atoms with Gasteiger partial charge in [0.1, 0.15) is 0 Å². The number of anilines is 2. The van der Waals surface area contributed by atoms with Crippen LogP contribution in [0.4, 0.5) is 11.4 Å². The summed E-state index contributed by atoms with van der Waals surface area (Å²) < 4.78 is 0. The molecule has 0 aliphatic heterocycles. The molecule has 0 unspecified atom stereocenters. The second-order valence-corrected chi connectivity index (χ2v) is 6.32. The fourth-order valence-electron chi connectivity index (χ4n) is 2.19. The minimum absolute atomic E-state index is 0.0816. The number of carbonyl (C=O) groups excluding carboxylic acids is 1. The third-order valence-corrected chi connectivity index (χ3v) is 3.80. The molecule has 2 N–H and O–H groups in total. The Morgan fingerprint density at radius 3 is 2.57 bits per heavy atom. The lowest BCUT2D eigenvalue weighted by molar-refractivity contribution is 0.0951. The highest BCUT2D eigenvalue weighted by Gasteiger charge is 2.07. The fraction of sp³-hybridized carbons (Fsp3) is 0.368. The molecule has 2 rings (SSSR count). The van der Waals surface area contributed by atoms with Crippen molar-refractivity contribution in [1.82, 2.24) is 10.3 Å². The molecule has 0 spiro atoms. The topological polar surface area (TPSA) is 54.0 Å². The summed E-state index contributed by atoms with van der Waals surface area (Å²) in [4.78, 5) is 16.3. The maximum atomic E-state index is 12.2. The zero-order valence-corrected chi connectivity index (χ0v) is 14.3. The van der Waals surface area contributed by atoms with E-state index >= 15 is 0 Å². The SMILES string of the molecule is Cc1ccc(Nc2cncc(C(=O)NCCC(C)C)c2)cc1C. The first-order valence-electron chi connectivity index (χ1n) is 8.03. The number of carbonyl (C=O) groups is 1. The van der Waals surface area contributed by atoms with Crippen molar-refractivity contribution in [2.24, 2.45) is 5.92 Å². The van der Waals surface area contributed by atoms with Gasteiger partial charge in [-0.2, -0.15) is 0 Å². The number of nitrogens with one attached hydrogen (secondary N) is 2. The number of rotatable bonds is 6. The molecule has 4 heteroatoms. The van der Waals surface area contributed by atoms with Crippen LogP contribution in [0.1, 0.15) is 41.8 Å². The van der Waals surface area contributed by atoms with E-state index in [0.29, 0.717) is 18.0 Å². The van der Waals surface area contributed by atoms with Crippen LogP contribution in [0.3, 0.4) is 0 Å². The standard InChI is InChI=1S/C19H25N3O/c1-13(2)7-8-21-19(23)16-10-18(12-20-11-16)22-17-6-5-14(3)15(4)9-17/h5-6,9-13,22H,7-8H2,1-4H3,(H,21,23). The van der Waals surface area contributed by atoms with Crippen LogP contribution < -0.4 is 10.6 Å². The van der Waals surface area contributed by atoms with Gasteiger partial charge in [0.05, 0.1) is 17.4 Å². The van der Waals surface area contributed by atoms with Crippen molar-refractivity contribution in [1.29, 1.82) is 0 Å². The Hall–Kier alpha value is -2.36. The van der Waals surface area contributed by atoms with Gasteiger partial charge in [0.25, 0.3) is 5.91 Å². The Labute approximate surface area is 138 Å². The van der Waals surface area contributed by atoms with Gasteiger partial charge >= 0.3 is 0 Å². The second kappa shape index (κ2) is 7.77. The predicted molar refractivity (Wildman–Crippen MR) is 95.2 cm³/mol. The fourth-order valence-corrected chi connectivity index (χ4v) is 2.19. The van der Waals surface area contributed by atoms with Gasteiger partial charge in [0, 0.05) is 18.4 Å². The van der Waals surface area contributed by atoms with Gasteiger partial charge in [-0.3, -0.25) is 9.78 Å². The lowest BCUT2D eigenvalue weighted by atomic mass is 10.1. The summed E-state index contributed by atoms with van der Waals surface area (Å²) in [6.45, 7) is 9.13. The maximum absolute atomic E-state index is 12.2. The van der Waals surface area contributed by atoms with Crippen LogP contribution in [0.15, 0.2) is 36.7 Å². The second-order valence-electron chi connectivity index (χ2n) is 6.32. The summed E-state index contributed by atoms with van der Waals surface area (Å²) in [5.41, 5.74) is 4.86. The number of pyridine rings is 1. The number of benzene rings is 1. The highest BCUT2D eigenvalue weighted by molar-refractivity contribution is 5.94. The van der Waals surface area contributed by atoms with Crippen LogP contribution in [0, 0.1) is 19.8 Å². The molecular weight excluding hydrogens is 286 g/mol. The monoisotopic (exact) mass is 311 g/mol. The van der Waals surface area contributed by atoms with Crippen LogP contribution in [-0.2, 0) is 0 Å². The number of amides is 1. The maximum Gasteiger partial charge on any atom is 0.252 e. The third kappa shape index (κ3) is 5.09. The first kappa shape index (κ1) is 17.0. The van der Waals surface area contributed by atoms with Gasteiger partial charge in [-0.15, -0.1) is 0 Å². The van der Waals surface area contributed by atoms with E-state index in [2.05, 4.69) is 55.4 Å². The molecule has 0 bridgehead atoms. The van der Waals surface area contributed by atoms with E-state index in [4.69, 9.17) is 0 Å². The molecule has 1 amide bonds. The van der Waals surface area contributed by atoms with Gasteiger partial charge in [-0.05, 0) is 55.5 Å². The van der Waals surface area contributed by atoms with Crippen LogP contribution in [0.25, 0.3) is 0 Å². The van der Waals surface area contributed by atoms with E-state index in [1.54, 1.807) is 12.4 Å². The summed E-state index contributed by atoms with van der Waals surface area (Å²) in [5, 5.41) is 6.23. The zero-order chi connectivity index (χ0) is 16.8.